The minimum atomic E-state index is -2.67. The third-order valence-electron chi connectivity index (χ3n) is 6.83. The lowest BCUT2D eigenvalue weighted by atomic mass is 9.48. The van der Waals surface area contributed by atoms with Crippen molar-refractivity contribution in [1.82, 2.24) is 24.0 Å². The Hall–Kier alpha value is -3.52. The van der Waals surface area contributed by atoms with Crippen molar-refractivity contribution in [3.05, 3.63) is 47.7 Å². The predicted molar refractivity (Wildman–Crippen MR) is 127 cm³/mol. The van der Waals surface area contributed by atoms with Gasteiger partial charge in [0.1, 0.15) is 0 Å². The average molecular weight is 478 g/mol. The highest BCUT2D eigenvalue weighted by atomic mass is 19.3. The van der Waals surface area contributed by atoms with E-state index in [0.29, 0.717) is 46.1 Å². The van der Waals surface area contributed by atoms with Crippen LogP contribution >= 0.6 is 0 Å². The molecule has 1 aliphatic carbocycles. The van der Waals surface area contributed by atoms with Gasteiger partial charge in [0.15, 0.2) is 17.0 Å². The van der Waals surface area contributed by atoms with Gasteiger partial charge in [-0.3, -0.25) is 0 Å². The third kappa shape index (κ3) is 4.02. The van der Waals surface area contributed by atoms with Crippen molar-refractivity contribution < 1.29 is 18.3 Å². The number of hydrogen-bond donors (Lipinski definition) is 0. The molecule has 0 aromatic carbocycles. The number of rotatable bonds is 4. The highest BCUT2D eigenvalue weighted by Crippen LogP contribution is 2.63. The Labute approximate surface area is 201 Å². The molecule has 35 heavy (non-hydrogen) atoms. The summed E-state index contributed by atoms with van der Waals surface area (Å²) in [6, 6.07) is 3.16. The van der Waals surface area contributed by atoms with Gasteiger partial charge in [-0.2, -0.15) is 5.10 Å². The first-order chi connectivity index (χ1) is 16.9. The molecule has 11 heteroatoms. The summed E-state index contributed by atoms with van der Waals surface area (Å²) in [4.78, 5) is 8.99. The molecule has 6 rings (SSSR count). The van der Waals surface area contributed by atoms with Crippen LogP contribution in [0.1, 0.15) is 29.3 Å². The number of halogens is 2. The van der Waals surface area contributed by atoms with Crippen molar-refractivity contribution in [1.29, 1.82) is 5.26 Å². The number of nitrogens with zero attached hydrogens (tertiary/aromatic N) is 6. The molecule has 0 spiro atoms. The van der Waals surface area contributed by atoms with Crippen LogP contribution in [0.5, 0.6) is 5.75 Å². The number of hydrogen-bond acceptors (Lipinski definition) is 6. The Balaban J connectivity index is 0.000000806. The van der Waals surface area contributed by atoms with Crippen LogP contribution in [0.3, 0.4) is 0 Å². The Bertz CT molecular complexity index is 1430. The van der Waals surface area contributed by atoms with E-state index >= 15 is 0 Å². The topological polar surface area (TPSA) is 89.7 Å². The van der Waals surface area contributed by atoms with Gasteiger partial charge in [0.05, 0.1) is 36.0 Å². The molecule has 0 radical (unpaired) electrons. The second-order valence-electron chi connectivity index (χ2n) is 9.19. The van der Waals surface area contributed by atoms with Crippen LogP contribution in [-0.2, 0) is 4.74 Å². The zero-order valence-corrected chi connectivity index (χ0v) is 19.9. The van der Waals surface area contributed by atoms with E-state index in [-0.39, 0.29) is 17.9 Å². The van der Waals surface area contributed by atoms with Gasteiger partial charge >= 0.3 is 0 Å². The van der Waals surface area contributed by atoms with Gasteiger partial charge in [-0.25, -0.2) is 28.5 Å². The fourth-order valence-corrected chi connectivity index (χ4v) is 5.34. The summed E-state index contributed by atoms with van der Waals surface area (Å²) in [5, 5.41) is 13.7. The molecule has 0 amide bonds. The van der Waals surface area contributed by atoms with Crippen molar-refractivity contribution in [2.75, 3.05) is 21.3 Å². The molecule has 2 atom stereocenters. The minimum absolute atomic E-state index is 0.161. The molecule has 1 saturated heterocycles. The van der Waals surface area contributed by atoms with Crippen molar-refractivity contribution in [2.24, 2.45) is 11.8 Å². The molecule has 4 aromatic rings. The van der Waals surface area contributed by atoms with Crippen LogP contribution in [0.25, 0.3) is 22.6 Å². The van der Waals surface area contributed by atoms with Crippen molar-refractivity contribution >= 4 is 18.0 Å². The number of methoxy groups -OCH3 is 2. The van der Waals surface area contributed by atoms with E-state index in [2.05, 4.69) is 20.8 Å². The summed E-state index contributed by atoms with van der Waals surface area (Å²) < 4.78 is 40.6. The molecule has 4 aromatic heterocycles. The Kier molecular flexibility index (Phi) is 5.93. The number of aromatic nitrogens is 5. The SMILES string of the molecule is COC.COc1cc(-c2cc(C(F)F)c3nc(C)cn3n2)cn2cc(C3C4CB(C#N)CC43)nc12. The quantitative estimate of drug-likeness (QED) is 0.403. The number of aryl methyl sites for hydroxylation is 1. The van der Waals surface area contributed by atoms with Gasteiger partial charge in [-0.05, 0) is 30.9 Å². The normalized spacial score (nSPS) is 20.6. The summed E-state index contributed by atoms with van der Waals surface area (Å²) in [6.07, 6.45) is 4.67. The molecule has 2 unspecified atom stereocenters. The Morgan fingerprint density at radius 3 is 2.43 bits per heavy atom. The highest BCUT2D eigenvalue weighted by Gasteiger charge is 2.58. The zero-order chi connectivity index (χ0) is 24.9. The van der Waals surface area contributed by atoms with Crippen LogP contribution in [0.2, 0.25) is 12.6 Å². The molecule has 8 nitrogen and oxygen atoms in total. The number of nitriles is 1. The van der Waals surface area contributed by atoms with Gasteiger partial charge < -0.3 is 13.9 Å². The van der Waals surface area contributed by atoms with Crippen LogP contribution in [0, 0.1) is 30.0 Å². The zero-order valence-electron chi connectivity index (χ0n) is 19.9. The van der Waals surface area contributed by atoms with E-state index < -0.39 is 6.43 Å². The maximum atomic E-state index is 13.7. The van der Waals surface area contributed by atoms with E-state index in [1.54, 1.807) is 40.5 Å². The fourth-order valence-electron chi connectivity index (χ4n) is 5.34. The maximum absolute atomic E-state index is 13.7. The molecule has 180 valence electrons. The molecule has 1 aliphatic heterocycles. The largest absolute Gasteiger partial charge is 0.493 e. The van der Waals surface area contributed by atoms with E-state index in [1.807, 2.05) is 16.8 Å². The first-order valence-corrected chi connectivity index (χ1v) is 11.4. The molecular formula is C24H25BF2N6O2. The minimum Gasteiger partial charge on any atom is -0.493 e. The smallest absolute Gasteiger partial charge is 0.268 e. The first kappa shape index (κ1) is 23.2. The van der Waals surface area contributed by atoms with E-state index in [4.69, 9.17) is 15.0 Å². The number of pyridine rings is 1. The average Bonchev–Trinajstić information content (AvgIpc) is 3.22. The van der Waals surface area contributed by atoms with E-state index in [1.165, 1.54) is 10.6 Å². The number of fused-ring (bicyclic) bond motifs is 3. The van der Waals surface area contributed by atoms with Crippen molar-refractivity contribution in [2.45, 2.75) is 31.9 Å². The molecule has 0 bridgehead atoms. The van der Waals surface area contributed by atoms with Crippen LogP contribution in [0.4, 0.5) is 8.78 Å². The predicted octanol–water partition coefficient (Wildman–Crippen LogP) is 4.46. The van der Waals surface area contributed by atoms with Crippen LogP contribution in [-0.4, -0.2) is 52.0 Å². The lowest BCUT2D eigenvalue weighted by molar-refractivity contribution is 0.152. The van der Waals surface area contributed by atoms with Crippen molar-refractivity contribution in [3.8, 4) is 23.0 Å². The van der Waals surface area contributed by atoms with Gasteiger partial charge in [0, 0.05) is 44.1 Å². The number of alkyl halides is 2. The molecule has 1 saturated carbocycles. The summed E-state index contributed by atoms with van der Waals surface area (Å²) >= 11 is 0. The molecule has 5 heterocycles. The van der Waals surface area contributed by atoms with Crippen molar-refractivity contribution in [3.63, 3.8) is 0 Å². The Morgan fingerprint density at radius 1 is 1.09 bits per heavy atom. The molecule has 2 aliphatic rings. The van der Waals surface area contributed by atoms with Crippen LogP contribution < -0.4 is 4.74 Å². The summed E-state index contributed by atoms with van der Waals surface area (Å²) in [5.74, 6) is 4.36. The van der Waals surface area contributed by atoms with Gasteiger partial charge in [0.2, 0.25) is 0 Å². The van der Waals surface area contributed by atoms with E-state index in [9.17, 15) is 8.78 Å². The van der Waals surface area contributed by atoms with Gasteiger partial charge in [-0.1, -0.05) is 12.6 Å². The molecule has 2 fully saturated rings. The highest BCUT2D eigenvalue weighted by molar-refractivity contribution is 6.68. The summed E-state index contributed by atoms with van der Waals surface area (Å²) in [7, 11) is 4.82. The third-order valence-corrected chi connectivity index (χ3v) is 6.83. The standard InChI is InChI=1S/C22H19BF2N6O.C2H6O/c1-11-7-31-21(27-11)13(20(24)25)4-16(29-31)12-3-18(32-2)22-28-17(9-30(22)8-12)19-14-5-23(10-26)6-15(14)19;1-3-2/h3-4,7-9,14-15,19-20H,5-6H2,1-2H3;1-2H3. The molecule has 0 N–H and O–H groups in total. The maximum Gasteiger partial charge on any atom is 0.268 e. The first-order valence-electron chi connectivity index (χ1n) is 11.4. The van der Waals surface area contributed by atoms with E-state index in [0.717, 1.165) is 18.3 Å². The summed E-state index contributed by atoms with van der Waals surface area (Å²) in [6.45, 7) is 1.91. The summed E-state index contributed by atoms with van der Waals surface area (Å²) in [5.41, 5.74) is 3.35. The number of imidazole rings is 2. The Morgan fingerprint density at radius 2 is 1.80 bits per heavy atom. The van der Waals surface area contributed by atoms with Gasteiger partial charge in [0.25, 0.3) is 13.1 Å². The number of ether oxygens (including phenoxy) is 2. The monoisotopic (exact) mass is 478 g/mol. The molecular weight excluding hydrogens is 453 g/mol. The lowest BCUT2D eigenvalue weighted by Crippen LogP contribution is -2.07. The second-order valence-corrected chi connectivity index (χ2v) is 9.19. The fraction of sp³-hybridized carbons (Fsp3) is 0.417. The van der Waals surface area contributed by atoms with Crippen LogP contribution in [0.15, 0.2) is 30.7 Å². The second kappa shape index (κ2) is 8.93. The lowest BCUT2D eigenvalue weighted by Gasteiger charge is -2.09. The van der Waals surface area contributed by atoms with Gasteiger partial charge in [-0.15, -0.1) is 0 Å².